The number of nitrogens with one attached hydrogen (secondary N) is 1. The Morgan fingerprint density at radius 3 is 2.82 bits per heavy atom. The number of fused-ring (bicyclic) bond motifs is 1. The van der Waals surface area contributed by atoms with Crippen LogP contribution in [0.25, 0.3) is 10.9 Å². The third kappa shape index (κ3) is 2.68. The predicted molar refractivity (Wildman–Crippen MR) is 69.2 cm³/mol. The van der Waals surface area contributed by atoms with Gasteiger partial charge in [-0.2, -0.15) is 0 Å². The van der Waals surface area contributed by atoms with Gasteiger partial charge in [0, 0.05) is 23.2 Å². The van der Waals surface area contributed by atoms with Crippen molar-refractivity contribution < 1.29 is 4.79 Å². The Morgan fingerprint density at radius 1 is 1.29 bits per heavy atom. The Labute approximate surface area is 101 Å². The largest absolute Gasteiger partial charge is 0.307 e. The van der Waals surface area contributed by atoms with E-state index in [9.17, 15) is 4.79 Å². The van der Waals surface area contributed by atoms with Crippen LogP contribution in [0.15, 0.2) is 36.5 Å². The van der Waals surface area contributed by atoms with E-state index in [0.29, 0.717) is 18.2 Å². The number of benzene rings is 1. The molecular formula is C14H16N2O. The summed E-state index contributed by atoms with van der Waals surface area (Å²) in [6.07, 6.45) is 1.72. The molecule has 1 aromatic carbocycles. The van der Waals surface area contributed by atoms with Gasteiger partial charge in [0.05, 0.1) is 12.1 Å². The fourth-order valence-corrected chi connectivity index (χ4v) is 1.72. The number of hydrogen-bond donors (Lipinski definition) is 1. The summed E-state index contributed by atoms with van der Waals surface area (Å²) >= 11 is 0. The first-order valence-electron chi connectivity index (χ1n) is 5.79. The number of ketones is 1. The number of nitrogens with zero attached hydrogens (tertiary/aromatic N) is 1. The molecule has 0 aliphatic heterocycles. The molecule has 2 rings (SSSR count). The summed E-state index contributed by atoms with van der Waals surface area (Å²) in [6.45, 7) is 4.40. The number of para-hydroxylation sites is 1. The molecule has 1 N–H and O–H groups in total. The van der Waals surface area contributed by atoms with Gasteiger partial charge in [0.2, 0.25) is 0 Å². The smallest absolute Gasteiger partial charge is 0.178 e. The number of aromatic nitrogens is 1. The summed E-state index contributed by atoms with van der Waals surface area (Å²) in [4.78, 5) is 16.3. The molecule has 0 amide bonds. The normalized spacial score (nSPS) is 11.0. The molecule has 0 aliphatic rings. The summed E-state index contributed by atoms with van der Waals surface area (Å²) < 4.78 is 0. The lowest BCUT2D eigenvalue weighted by Gasteiger charge is -2.08. The number of carbonyl (C=O) groups is 1. The van der Waals surface area contributed by atoms with Crippen LogP contribution in [0.2, 0.25) is 0 Å². The SMILES string of the molecule is CC(C)NCC(=O)c1cccc2cccnc12. The minimum absolute atomic E-state index is 0.0861. The molecule has 1 heterocycles. The Bertz CT molecular complexity index is 529. The van der Waals surface area contributed by atoms with E-state index in [1.54, 1.807) is 6.20 Å². The molecular weight excluding hydrogens is 212 g/mol. The average Bonchev–Trinajstić information content (AvgIpc) is 2.35. The second-order valence-electron chi connectivity index (χ2n) is 4.34. The fourth-order valence-electron chi connectivity index (χ4n) is 1.72. The minimum atomic E-state index is 0.0861. The summed E-state index contributed by atoms with van der Waals surface area (Å²) in [5.41, 5.74) is 1.47. The molecule has 0 bridgehead atoms. The van der Waals surface area contributed by atoms with Crippen molar-refractivity contribution in [2.24, 2.45) is 0 Å². The van der Waals surface area contributed by atoms with E-state index in [2.05, 4.69) is 10.3 Å². The monoisotopic (exact) mass is 228 g/mol. The second-order valence-corrected chi connectivity index (χ2v) is 4.34. The number of pyridine rings is 1. The third-order valence-electron chi connectivity index (χ3n) is 2.60. The van der Waals surface area contributed by atoms with Gasteiger partial charge in [-0.05, 0) is 12.1 Å². The Morgan fingerprint density at radius 2 is 2.06 bits per heavy atom. The lowest BCUT2D eigenvalue weighted by molar-refractivity contribution is 0.0990. The van der Waals surface area contributed by atoms with Crippen LogP contribution in [-0.4, -0.2) is 23.4 Å². The first-order valence-corrected chi connectivity index (χ1v) is 5.79. The maximum Gasteiger partial charge on any atom is 0.178 e. The highest BCUT2D eigenvalue weighted by Crippen LogP contribution is 2.16. The van der Waals surface area contributed by atoms with Crippen LogP contribution in [0.5, 0.6) is 0 Å². The lowest BCUT2D eigenvalue weighted by atomic mass is 10.1. The number of Topliss-reactive ketones (excluding diaryl/α,β-unsaturated/α-hetero) is 1. The lowest BCUT2D eigenvalue weighted by Crippen LogP contribution is -2.29. The van der Waals surface area contributed by atoms with Crippen LogP contribution in [0.3, 0.4) is 0 Å². The van der Waals surface area contributed by atoms with E-state index >= 15 is 0 Å². The fraction of sp³-hybridized carbons (Fsp3) is 0.286. The third-order valence-corrected chi connectivity index (χ3v) is 2.60. The van der Waals surface area contributed by atoms with Crippen LogP contribution in [-0.2, 0) is 0 Å². The van der Waals surface area contributed by atoms with E-state index in [-0.39, 0.29) is 5.78 Å². The minimum Gasteiger partial charge on any atom is -0.307 e. The molecule has 3 heteroatoms. The quantitative estimate of drug-likeness (QED) is 0.817. The van der Waals surface area contributed by atoms with Crippen LogP contribution in [0.4, 0.5) is 0 Å². The molecule has 17 heavy (non-hydrogen) atoms. The highest BCUT2D eigenvalue weighted by Gasteiger charge is 2.10. The average molecular weight is 228 g/mol. The van der Waals surface area contributed by atoms with Gasteiger partial charge in [0.1, 0.15) is 0 Å². The van der Waals surface area contributed by atoms with Crippen LogP contribution >= 0.6 is 0 Å². The van der Waals surface area contributed by atoms with Crippen molar-refractivity contribution in [1.29, 1.82) is 0 Å². The highest BCUT2D eigenvalue weighted by molar-refractivity contribution is 6.07. The zero-order chi connectivity index (χ0) is 12.3. The summed E-state index contributed by atoms with van der Waals surface area (Å²) in [6, 6.07) is 9.85. The number of hydrogen-bond acceptors (Lipinski definition) is 3. The van der Waals surface area contributed by atoms with Crippen molar-refractivity contribution in [3.63, 3.8) is 0 Å². The van der Waals surface area contributed by atoms with Gasteiger partial charge < -0.3 is 5.32 Å². The van der Waals surface area contributed by atoms with Crippen molar-refractivity contribution in [2.75, 3.05) is 6.54 Å². The van der Waals surface area contributed by atoms with Gasteiger partial charge in [-0.1, -0.05) is 32.0 Å². The maximum absolute atomic E-state index is 12.1. The molecule has 0 fully saturated rings. The van der Waals surface area contributed by atoms with Gasteiger partial charge in [0.25, 0.3) is 0 Å². The zero-order valence-electron chi connectivity index (χ0n) is 10.1. The van der Waals surface area contributed by atoms with Gasteiger partial charge in [-0.3, -0.25) is 9.78 Å². The molecule has 0 spiro atoms. The molecule has 0 unspecified atom stereocenters. The van der Waals surface area contributed by atoms with Crippen molar-refractivity contribution >= 4 is 16.7 Å². The summed E-state index contributed by atoms with van der Waals surface area (Å²) in [7, 11) is 0. The Balaban J connectivity index is 2.32. The van der Waals surface area contributed by atoms with Crippen LogP contribution in [0, 0.1) is 0 Å². The summed E-state index contributed by atoms with van der Waals surface area (Å²) in [5.74, 6) is 0.0861. The van der Waals surface area contributed by atoms with Gasteiger partial charge >= 0.3 is 0 Å². The van der Waals surface area contributed by atoms with E-state index in [0.717, 1.165) is 10.9 Å². The molecule has 0 aliphatic carbocycles. The first-order chi connectivity index (χ1) is 8.18. The first kappa shape index (κ1) is 11.7. The van der Waals surface area contributed by atoms with Crippen LogP contribution in [0.1, 0.15) is 24.2 Å². The van der Waals surface area contributed by atoms with E-state index in [1.165, 1.54) is 0 Å². The molecule has 2 aromatic rings. The van der Waals surface area contributed by atoms with Crippen molar-refractivity contribution in [3.05, 3.63) is 42.1 Å². The van der Waals surface area contributed by atoms with E-state index in [1.807, 2.05) is 44.2 Å². The molecule has 0 atom stereocenters. The predicted octanol–water partition coefficient (Wildman–Crippen LogP) is 2.42. The highest BCUT2D eigenvalue weighted by atomic mass is 16.1. The van der Waals surface area contributed by atoms with Gasteiger partial charge in [0.15, 0.2) is 5.78 Å². The maximum atomic E-state index is 12.1. The zero-order valence-corrected chi connectivity index (χ0v) is 10.1. The standard InChI is InChI=1S/C14H16N2O/c1-10(2)16-9-13(17)12-7-3-5-11-6-4-8-15-14(11)12/h3-8,10,16H,9H2,1-2H3. The van der Waals surface area contributed by atoms with E-state index in [4.69, 9.17) is 0 Å². The topological polar surface area (TPSA) is 42.0 Å². The van der Waals surface area contributed by atoms with Gasteiger partial charge in [-0.15, -0.1) is 0 Å². The number of carbonyl (C=O) groups excluding carboxylic acids is 1. The molecule has 0 radical (unpaired) electrons. The summed E-state index contributed by atoms with van der Waals surface area (Å²) in [5, 5.41) is 4.13. The second kappa shape index (κ2) is 5.06. The molecule has 88 valence electrons. The Kier molecular flexibility index (Phi) is 3.49. The van der Waals surface area contributed by atoms with Crippen molar-refractivity contribution in [2.45, 2.75) is 19.9 Å². The molecule has 1 aromatic heterocycles. The van der Waals surface area contributed by atoms with Gasteiger partial charge in [-0.25, -0.2) is 0 Å². The number of rotatable bonds is 4. The van der Waals surface area contributed by atoms with Crippen molar-refractivity contribution in [1.82, 2.24) is 10.3 Å². The molecule has 0 saturated heterocycles. The van der Waals surface area contributed by atoms with E-state index < -0.39 is 0 Å². The molecule has 0 saturated carbocycles. The van der Waals surface area contributed by atoms with Crippen molar-refractivity contribution in [3.8, 4) is 0 Å². The van der Waals surface area contributed by atoms with Crippen LogP contribution < -0.4 is 5.32 Å². The Hall–Kier alpha value is -1.74. The molecule has 3 nitrogen and oxygen atoms in total.